The molecule has 0 bridgehead atoms. The molecule has 6 heteroatoms. The van der Waals surface area contributed by atoms with Crippen LogP contribution in [0.2, 0.25) is 0 Å². The average Bonchev–Trinajstić information content (AvgIpc) is 2.94. The Bertz CT molecular complexity index is 603. The van der Waals surface area contributed by atoms with Crippen LogP contribution >= 0.6 is 0 Å². The van der Waals surface area contributed by atoms with Crippen molar-refractivity contribution in [3.8, 4) is 0 Å². The molecule has 0 spiro atoms. The fraction of sp³-hybridized carbons (Fsp3) is 0.444. The lowest BCUT2D eigenvalue weighted by atomic mass is 10.1. The molecule has 1 fully saturated rings. The minimum atomic E-state index is -1.02. The molecule has 1 aliphatic rings. The zero-order valence-electron chi connectivity index (χ0n) is 13.9. The Labute approximate surface area is 141 Å². The minimum Gasteiger partial charge on any atom is -0.429 e. The lowest BCUT2D eigenvalue weighted by Crippen LogP contribution is -2.33. The van der Waals surface area contributed by atoms with Gasteiger partial charge in [0.25, 0.3) is 0 Å². The van der Waals surface area contributed by atoms with Crippen molar-refractivity contribution in [2.75, 3.05) is 13.2 Å². The molecular formula is C18H22O6. The Morgan fingerprint density at radius 3 is 2.71 bits per heavy atom. The lowest BCUT2D eigenvalue weighted by molar-refractivity contribution is -0.148. The molecule has 0 radical (unpaired) electrons. The van der Waals surface area contributed by atoms with Crippen LogP contribution < -0.4 is 0 Å². The van der Waals surface area contributed by atoms with E-state index in [0.29, 0.717) is 5.57 Å². The van der Waals surface area contributed by atoms with E-state index in [9.17, 15) is 9.90 Å². The monoisotopic (exact) mass is 334 g/mol. The van der Waals surface area contributed by atoms with Crippen LogP contribution in [0.25, 0.3) is 0 Å². The third-order valence-electron chi connectivity index (χ3n) is 3.51. The molecule has 1 heterocycles. The number of ether oxygens (including phenoxy) is 4. The second-order valence-electron chi connectivity index (χ2n) is 5.83. The molecule has 24 heavy (non-hydrogen) atoms. The minimum absolute atomic E-state index is 0.114. The molecular weight excluding hydrogens is 312 g/mol. The first-order chi connectivity index (χ1) is 11.4. The summed E-state index contributed by atoms with van der Waals surface area (Å²) >= 11 is 0. The molecule has 0 amide bonds. The van der Waals surface area contributed by atoms with Crippen molar-refractivity contribution in [1.29, 1.82) is 0 Å². The number of aliphatic hydroxyl groups excluding tert-OH is 1. The van der Waals surface area contributed by atoms with Crippen LogP contribution in [0.5, 0.6) is 0 Å². The van der Waals surface area contributed by atoms with Gasteiger partial charge in [-0.3, -0.25) is 0 Å². The van der Waals surface area contributed by atoms with Crippen LogP contribution in [0.15, 0.2) is 48.2 Å². The summed E-state index contributed by atoms with van der Waals surface area (Å²) in [7, 11) is 0. The second-order valence-corrected chi connectivity index (χ2v) is 5.83. The molecule has 0 aromatic heterocycles. The highest BCUT2D eigenvalue weighted by Gasteiger charge is 2.38. The van der Waals surface area contributed by atoms with Gasteiger partial charge in [-0.15, -0.1) is 5.73 Å². The summed E-state index contributed by atoms with van der Waals surface area (Å²) in [5, 5.41) is 10.3. The Morgan fingerprint density at radius 1 is 1.42 bits per heavy atom. The van der Waals surface area contributed by atoms with Gasteiger partial charge < -0.3 is 24.1 Å². The van der Waals surface area contributed by atoms with Crippen molar-refractivity contribution >= 4 is 6.16 Å². The number of rotatable bonds is 6. The topological polar surface area (TPSA) is 74.2 Å². The van der Waals surface area contributed by atoms with Crippen LogP contribution in [0.3, 0.4) is 0 Å². The van der Waals surface area contributed by atoms with Gasteiger partial charge in [0.1, 0.15) is 25.4 Å². The third kappa shape index (κ3) is 5.22. The Morgan fingerprint density at radius 2 is 2.12 bits per heavy atom. The van der Waals surface area contributed by atoms with Crippen molar-refractivity contribution in [2.24, 2.45) is 0 Å². The van der Waals surface area contributed by atoms with Crippen LogP contribution in [0.4, 0.5) is 4.79 Å². The maximum absolute atomic E-state index is 11.6. The highest BCUT2D eigenvalue weighted by molar-refractivity contribution is 5.60. The zero-order chi connectivity index (χ0) is 17.6. The number of benzene rings is 1. The summed E-state index contributed by atoms with van der Waals surface area (Å²) < 4.78 is 21.0. The standard InChI is InChI=1S/C18H22O6/c1-4-14(16(19)15-12-23-18(2,3)24-15)11-22-17(20)21-10-13-8-6-5-7-9-13/h5-9,15-16,19H,1,10-12H2,2-3H3/t15-,16+/m1/s1. The number of aliphatic hydroxyl groups is 1. The normalized spacial score (nSPS) is 20.0. The van der Waals surface area contributed by atoms with Crippen molar-refractivity contribution < 1.29 is 28.8 Å². The Balaban J connectivity index is 1.79. The SMILES string of the molecule is C=C=C(COC(=O)OCc1ccccc1)[C@H](O)[C@H]1COC(C)(C)O1. The predicted octanol–water partition coefficient (Wildman–Crippen LogP) is 2.56. The molecule has 1 aromatic carbocycles. The van der Waals surface area contributed by atoms with E-state index in [0.717, 1.165) is 5.56 Å². The van der Waals surface area contributed by atoms with Crippen LogP contribution in [0.1, 0.15) is 19.4 Å². The smallest absolute Gasteiger partial charge is 0.429 e. The fourth-order valence-electron chi connectivity index (χ4n) is 2.23. The molecule has 0 aliphatic carbocycles. The molecule has 0 saturated carbocycles. The third-order valence-corrected chi connectivity index (χ3v) is 3.51. The second kappa shape index (κ2) is 8.13. The van der Waals surface area contributed by atoms with Gasteiger partial charge in [-0.1, -0.05) is 36.9 Å². The van der Waals surface area contributed by atoms with Crippen molar-refractivity contribution in [3.05, 3.63) is 53.8 Å². The Kier molecular flexibility index (Phi) is 6.17. The number of hydrogen-bond donors (Lipinski definition) is 1. The van der Waals surface area contributed by atoms with Crippen molar-refractivity contribution in [3.63, 3.8) is 0 Å². The van der Waals surface area contributed by atoms with E-state index >= 15 is 0 Å². The molecule has 130 valence electrons. The van der Waals surface area contributed by atoms with Crippen molar-refractivity contribution in [1.82, 2.24) is 0 Å². The van der Waals surface area contributed by atoms with Gasteiger partial charge in [-0.2, -0.15) is 0 Å². The largest absolute Gasteiger partial charge is 0.508 e. The van der Waals surface area contributed by atoms with E-state index in [-0.39, 0.29) is 19.8 Å². The summed E-state index contributed by atoms with van der Waals surface area (Å²) in [5.41, 5.74) is 3.74. The average molecular weight is 334 g/mol. The predicted molar refractivity (Wildman–Crippen MR) is 86.1 cm³/mol. The van der Waals surface area contributed by atoms with Gasteiger partial charge in [0, 0.05) is 5.57 Å². The van der Waals surface area contributed by atoms with Gasteiger partial charge in [-0.05, 0) is 19.4 Å². The van der Waals surface area contributed by atoms with Crippen LogP contribution in [-0.4, -0.2) is 42.5 Å². The molecule has 1 aromatic rings. The number of carbonyl (C=O) groups excluding carboxylic acids is 1. The number of carbonyl (C=O) groups is 1. The van der Waals surface area contributed by atoms with E-state index < -0.39 is 24.2 Å². The molecule has 0 unspecified atom stereocenters. The summed E-state index contributed by atoms with van der Waals surface area (Å²) in [6.45, 7) is 7.19. The Hall–Kier alpha value is -2.11. The molecule has 6 nitrogen and oxygen atoms in total. The summed E-state index contributed by atoms with van der Waals surface area (Å²) in [6, 6.07) is 9.26. The summed E-state index contributed by atoms with van der Waals surface area (Å²) in [4.78, 5) is 11.6. The van der Waals surface area contributed by atoms with Gasteiger partial charge in [0.05, 0.1) is 6.61 Å². The lowest BCUT2D eigenvalue weighted by Gasteiger charge is -2.21. The van der Waals surface area contributed by atoms with Crippen LogP contribution in [0, 0.1) is 0 Å². The van der Waals surface area contributed by atoms with Gasteiger partial charge in [0.2, 0.25) is 0 Å². The highest BCUT2D eigenvalue weighted by Crippen LogP contribution is 2.26. The van der Waals surface area contributed by atoms with Crippen molar-refractivity contribution in [2.45, 2.75) is 38.4 Å². The first kappa shape index (κ1) is 18.2. The molecule has 1 saturated heterocycles. The van der Waals surface area contributed by atoms with E-state index in [1.807, 2.05) is 30.3 Å². The summed E-state index contributed by atoms with van der Waals surface area (Å²) in [6.07, 6.45) is -2.41. The zero-order valence-corrected chi connectivity index (χ0v) is 13.9. The fourth-order valence-corrected chi connectivity index (χ4v) is 2.23. The molecule has 2 rings (SSSR count). The van der Waals surface area contributed by atoms with E-state index in [4.69, 9.17) is 18.9 Å². The van der Waals surface area contributed by atoms with Gasteiger partial charge in [0.15, 0.2) is 5.79 Å². The van der Waals surface area contributed by atoms with E-state index in [1.165, 1.54) is 0 Å². The maximum Gasteiger partial charge on any atom is 0.508 e. The first-order valence-corrected chi connectivity index (χ1v) is 7.63. The number of hydrogen-bond acceptors (Lipinski definition) is 6. The van der Waals surface area contributed by atoms with Gasteiger partial charge in [-0.25, -0.2) is 4.79 Å². The molecule has 1 N–H and O–H groups in total. The highest BCUT2D eigenvalue weighted by atomic mass is 16.7. The van der Waals surface area contributed by atoms with Gasteiger partial charge >= 0.3 is 6.16 Å². The summed E-state index contributed by atoms with van der Waals surface area (Å²) in [5.74, 6) is -0.757. The molecule has 2 atom stereocenters. The maximum atomic E-state index is 11.6. The van der Waals surface area contributed by atoms with Crippen LogP contribution in [-0.2, 0) is 25.6 Å². The van der Waals surface area contributed by atoms with E-state index in [2.05, 4.69) is 12.3 Å². The van der Waals surface area contributed by atoms with E-state index in [1.54, 1.807) is 13.8 Å². The molecule has 1 aliphatic heterocycles. The first-order valence-electron chi connectivity index (χ1n) is 7.63. The quantitative estimate of drug-likeness (QED) is 0.637.